The van der Waals surface area contributed by atoms with Crippen LogP contribution in [0.5, 0.6) is 0 Å². The Balaban J connectivity index is 0.000000531. The second-order valence-electron chi connectivity index (χ2n) is 3.20. The number of fused-ring (bicyclic) bond motifs is 1. The van der Waals surface area contributed by atoms with Crippen LogP contribution in [-0.4, -0.2) is 4.98 Å². The van der Waals surface area contributed by atoms with Crippen molar-refractivity contribution in [3.63, 3.8) is 0 Å². The summed E-state index contributed by atoms with van der Waals surface area (Å²) in [6.07, 6.45) is 1.77. The summed E-state index contributed by atoms with van der Waals surface area (Å²) in [4.78, 5) is 4.21. The van der Waals surface area contributed by atoms with Gasteiger partial charge in [-0.1, -0.05) is 13.8 Å². The van der Waals surface area contributed by atoms with Crippen molar-refractivity contribution in [1.29, 1.82) is 0 Å². The van der Waals surface area contributed by atoms with Crippen molar-refractivity contribution < 1.29 is 4.39 Å². The zero-order chi connectivity index (χ0) is 11.4. The second-order valence-corrected chi connectivity index (χ2v) is 3.20. The first-order chi connectivity index (χ1) is 7.18. The molecule has 0 aliphatic carbocycles. The SMILES string of the molecule is CC.Cc1ncc2ccc(F)cc2c1C. The molecule has 0 N–H and O–H groups in total. The Morgan fingerprint density at radius 2 is 1.80 bits per heavy atom. The number of rotatable bonds is 0. The minimum Gasteiger partial charge on any atom is -0.261 e. The summed E-state index contributed by atoms with van der Waals surface area (Å²) in [5, 5.41) is 1.94. The molecule has 0 radical (unpaired) electrons. The molecule has 1 nitrogen and oxygen atoms in total. The van der Waals surface area contributed by atoms with E-state index in [9.17, 15) is 4.39 Å². The molecule has 0 aliphatic rings. The molecule has 0 spiro atoms. The number of aryl methyl sites for hydroxylation is 2. The van der Waals surface area contributed by atoms with Crippen molar-refractivity contribution in [1.82, 2.24) is 4.98 Å². The van der Waals surface area contributed by atoms with Crippen LogP contribution in [0, 0.1) is 19.7 Å². The zero-order valence-electron chi connectivity index (χ0n) is 9.63. The summed E-state index contributed by atoms with van der Waals surface area (Å²) in [5.41, 5.74) is 2.01. The first-order valence-electron chi connectivity index (χ1n) is 5.20. The monoisotopic (exact) mass is 205 g/mol. The molecule has 0 bridgehead atoms. The average Bonchev–Trinajstić information content (AvgIpc) is 2.27. The van der Waals surface area contributed by atoms with Gasteiger partial charge in [-0.3, -0.25) is 4.98 Å². The first-order valence-corrected chi connectivity index (χ1v) is 5.20. The molecule has 0 unspecified atom stereocenters. The van der Waals surface area contributed by atoms with Crippen molar-refractivity contribution in [3.8, 4) is 0 Å². The molecule has 1 heterocycles. The molecule has 0 fully saturated rings. The summed E-state index contributed by atoms with van der Waals surface area (Å²) in [7, 11) is 0. The number of aromatic nitrogens is 1. The largest absolute Gasteiger partial charge is 0.261 e. The Bertz CT molecular complexity index is 458. The maximum atomic E-state index is 12.9. The highest BCUT2D eigenvalue weighted by atomic mass is 19.1. The minimum absolute atomic E-state index is 0.193. The van der Waals surface area contributed by atoms with Crippen molar-refractivity contribution in [2.75, 3.05) is 0 Å². The lowest BCUT2D eigenvalue weighted by atomic mass is 10.1. The van der Waals surface area contributed by atoms with Crippen LogP contribution >= 0.6 is 0 Å². The summed E-state index contributed by atoms with van der Waals surface area (Å²) in [6.45, 7) is 7.89. The molecule has 15 heavy (non-hydrogen) atoms. The third kappa shape index (κ3) is 2.32. The summed E-state index contributed by atoms with van der Waals surface area (Å²) in [6, 6.07) is 4.77. The molecule has 2 aromatic rings. The lowest BCUT2D eigenvalue weighted by molar-refractivity contribution is 0.629. The maximum absolute atomic E-state index is 12.9. The highest BCUT2D eigenvalue weighted by Crippen LogP contribution is 2.20. The molecule has 0 amide bonds. The smallest absolute Gasteiger partial charge is 0.123 e. The average molecular weight is 205 g/mol. The summed E-state index contributed by atoms with van der Waals surface area (Å²) < 4.78 is 12.9. The molecular weight excluding hydrogens is 189 g/mol. The van der Waals surface area contributed by atoms with Gasteiger partial charge in [-0.15, -0.1) is 0 Å². The van der Waals surface area contributed by atoms with Gasteiger partial charge in [-0.2, -0.15) is 0 Å². The molecular formula is C13H16FN. The van der Waals surface area contributed by atoms with E-state index in [0.29, 0.717) is 0 Å². The molecule has 1 aromatic carbocycles. The van der Waals surface area contributed by atoms with E-state index in [4.69, 9.17) is 0 Å². The summed E-state index contributed by atoms with van der Waals surface area (Å²) in [5.74, 6) is -0.193. The number of nitrogens with zero attached hydrogens (tertiary/aromatic N) is 1. The predicted octanol–water partition coefficient (Wildman–Crippen LogP) is 4.02. The van der Waals surface area contributed by atoms with Crippen LogP contribution < -0.4 is 0 Å². The van der Waals surface area contributed by atoms with E-state index in [0.717, 1.165) is 22.0 Å². The van der Waals surface area contributed by atoms with Crippen LogP contribution in [0.3, 0.4) is 0 Å². The van der Waals surface area contributed by atoms with Crippen LogP contribution in [0.4, 0.5) is 4.39 Å². The van der Waals surface area contributed by atoms with Crippen LogP contribution in [0.2, 0.25) is 0 Å². The number of pyridine rings is 1. The molecule has 0 saturated carbocycles. The summed E-state index contributed by atoms with van der Waals surface area (Å²) >= 11 is 0. The van der Waals surface area contributed by atoms with Crippen molar-refractivity contribution in [2.45, 2.75) is 27.7 Å². The van der Waals surface area contributed by atoms with Gasteiger partial charge in [0.2, 0.25) is 0 Å². The molecule has 0 aliphatic heterocycles. The fraction of sp³-hybridized carbons (Fsp3) is 0.308. The number of halogens is 1. The van der Waals surface area contributed by atoms with Crippen LogP contribution in [-0.2, 0) is 0 Å². The normalized spacial score (nSPS) is 9.67. The standard InChI is InChI=1S/C11H10FN.C2H6/c1-7-8(2)13-6-9-3-4-10(12)5-11(7)9;1-2/h3-6H,1-2H3;1-2H3. The van der Waals surface area contributed by atoms with Gasteiger partial charge >= 0.3 is 0 Å². The molecule has 0 saturated heterocycles. The first kappa shape index (κ1) is 11.6. The second kappa shape index (κ2) is 4.87. The van der Waals surface area contributed by atoms with Gasteiger partial charge in [0.25, 0.3) is 0 Å². The van der Waals surface area contributed by atoms with Gasteiger partial charge in [0.05, 0.1) is 0 Å². The Labute approximate surface area is 90.0 Å². The van der Waals surface area contributed by atoms with Gasteiger partial charge in [0.1, 0.15) is 5.82 Å². The molecule has 2 rings (SSSR count). The van der Waals surface area contributed by atoms with E-state index in [2.05, 4.69) is 4.98 Å². The van der Waals surface area contributed by atoms with E-state index < -0.39 is 0 Å². The van der Waals surface area contributed by atoms with Gasteiger partial charge in [-0.25, -0.2) is 4.39 Å². The maximum Gasteiger partial charge on any atom is 0.123 e. The van der Waals surface area contributed by atoms with Gasteiger partial charge in [0.15, 0.2) is 0 Å². The van der Waals surface area contributed by atoms with E-state index in [-0.39, 0.29) is 5.82 Å². The van der Waals surface area contributed by atoms with Crippen molar-refractivity contribution in [2.24, 2.45) is 0 Å². The van der Waals surface area contributed by atoms with Gasteiger partial charge in [0, 0.05) is 17.3 Å². The Kier molecular flexibility index (Phi) is 3.78. The van der Waals surface area contributed by atoms with Crippen LogP contribution in [0.15, 0.2) is 24.4 Å². The Hall–Kier alpha value is -1.44. The van der Waals surface area contributed by atoms with E-state index in [1.54, 1.807) is 18.3 Å². The van der Waals surface area contributed by atoms with E-state index in [1.807, 2.05) is 27.7 Å². The molecule has 80 valence electrons. The zero-order valence-corrected chi connectivity index (χ0v) is 9.63. The van der Waals surface area contributed by atoms with Crippen LogP contribution in [0.25, 0.3) is 10.8 Å². The lowest BCUT2D eigenvalue weighted by Gasteiger charge is -2.04. The Morgan fingerprint density at radius 1 is 1.13 bits per heavy atom. The fourth-order valence-electron chi connectivity index (χ4n) is 1.42. The third-order valence-corrected chi connectivity index (χ3v) is 2.36. The van der Waals surface area contributed by atoms with Gasteiger partial charge in [-0.05, 0) is 43.0 Å². The third-order valence-electron chi connectivity index (χ3n) is 2.36. The quantitative estimate of drug-likeness (QED) is 0.633. The van der Waals surface area contributed by atoms with Crippen molar-refractivity contribution >= 4 is 10.8 Å². The molecule has 0 atom stereocenters. The molecule has 2 heteroatoms. The fourth-order valence-corrected chi connectivity index (χ4v) is 1.42. The van der Waals surface area contributed by atoms with Crippen LogP contribution in [0.1, 0.15) is 25.1 Å². The minimum atomic E-state index is -0.193. The lowest BCUT2D eigenvalue weighted by Crippen LogP contribution is -1.88. The number of hydrogen-bond donors (Lipinski definition) is 0. The van der Waals surface area contributed by atoms with Crippen molar-refractivity contribution in [3.05, 3.63) is 41.5 Å². The van der Waals surface area contributed by atoms with Gasteiger partial charge < -0.3 is 0 Å². The van der Waals surface area contributed by atoms with E-state index in [1.165, 1.54) is 6.07 Å². The molecule has 1 aromatic heterocycles. The van der Waals surface area contributed by atoms with E-state index >= 15 is 0 Å². The highest BCUT2D eigenvalue weighted by Gasteiger charge is 2.01. The predicted molar refractivity (Wildman–Crippen MR) is 62.5 cm³/mol. The number of benzene rings is 1. The Morgan fingerprint density at radius 3 is 2.47 bits per heavy atom. The topological polar surface area (TPSA) is 12.9 Å². The highest BCUT2D eigenvalue weighted by molar-refractivity contribution is 5.85. The number of hydrogen-bond acceptors (Lipinski definition) is 1.